The summed E-state index contributed by atoms with van der Waals surface area (Å²) in [7, 11) is 0. The Balaban J connectivity index is 1.48. The molecule has 4 fully saturated rings. The van der Waals surface area contributed by atoms with Gasteiger partial charge in [-0.15, -0.1) is 0 Å². The molecule has 0 aliphatic heterocycles. The Morgan fingerprint density at radius 3 is 2.26 bits per heavy atom. The van der Waals surface area contributed by atoms with Crippen molar-refractivity contribution in [2.24, 2.45) is 23.2 Å². The van der Waals surface area contributed by atoms with Crippen LogP contribution in [-0.2, 0) is 9.53 Å². The van der Waals surface area contributed by atoms with Crippen LogP contribution in [0.5, 0.6) is 0 Å². The van der Waals surface area contributed by atoms with E-state index in [4.69, 9.17) is 4.74 Å². The van der Waals surface area contributed by atoms with Gasteiger partial charge < -0.3 is 10.1 Å². The van der Waals surface area contributed by atoms with Gasteiger partial charge in [-0.1, -0.05) is 0 Å². The largest absolute Gasteiger partial charge is 0.381 e. The van der Waals surface area contributed by atoms with Gasteiger partial charge in [-0.2, -0.15) is 0 Å². The molecule has 0 aromatic carbocycles. The first-order valence-electron chi connectivity index (χ1n) is 8.03. The molecule has 4 rings (SSSR count). The zero-order valence-corrected chi connectivity index (χ0v) is 12.1. The molecule has 4 aliphatic carbocycles. The fraction of sp³-hybridized carbons (Fsp3) is 0.938. The Labute approximate surface area is 116 Å². The molecule has 0 aromatic rings. The summed E-state index contributed by atoms with van der Waals surface area (Å²) in [6, 6.07) is 0. The third-order valence-corrected chi connectivity index (χ3v) is 5.50. The highest BCUT2D eigenvalue weighted by Crippen LogP contribution is 2.59. The maximum absolute atomic E-state index is 11.8. The summed E-state index contributed by atoms with van der Waals surface area (Å²) < 4.78 is 5.24. The maximum Gasteiger partial charge on any atom is 0.222 e. The number of carbonyl (C=O) groups excluding carboxylic acids is 1. The number of ether oxygens (including phenoxy) is 1. The van der Waals surface area contributed by atoms with Crippen molar-refractivity contribution >= 4 is 5.91 Å². The SMILES string of the molecule is CCOCCC(=O)NCC12CC3CC(CC(C3)C1)C2. The Morgan fingerprint density at radius 2 is 1.74 bits per heavy atom. The van der Waals surface area contributed by atoms with E-state index in [1.54, 1.807) is 0 Å². The molecule has 19 heavy (non-hydrogen) atoms. The first kappa shape index (κ1) is 13.4. The minimum absolute atomic E-state index is 0.171. The number of nitrogens with one attached hydrogen (secondary N) is 1. The molecule has 0 radical (unpaired) electrons. The van der Waals surface area contributed by atoms with Crippen molar-refractivity contribution in [1.82, 2.24) is 5.32 Å². The molecule has 3 heteroatoms. The molecule has 0 spiro atoms. The number of hydrogen-bond donors (Lipinski definition) is 1. The summed E-state index contributed by atoms with van der Waals surface area (Å²) in [6.07, 6.45) is 9.02. The van der Waals surface area contributed by atoms with E-state index in [0.717, 1.165) is 24.3 Å². The van der Waals surface area contributed by atoms with Gasteiger partial charge in [0.1, 0.15) is 0 Å². The van der Waals surface area contributed by atoms with Gasteiger partial charge in [-0.3, -0.25) is 4.79 Å². The zero-order valence-electron chi connectivity index (χ0n) is 12.1. The van der Waals surface area contributed by atoms with Crippen molar-refractivity contribution in [2.45, 2.75) is 51.9 Å². The third kappa shape index (κ3) is 2.96. The molecule has 108 valence electrons. The molecule has 0 unspecified atom stereocenters. The summed E-state index contributed by atoms with van der Waals surface area (Å²) in [5.74, 6) is 3.06. The topological polar surface area (TPSA) is 38.3 Å². The van der Waals surface area contributed by atoms with E-state index >= 15 is 0 Å². The lowest BCUT2D eigenvalue weighted by Gasteiger charge is -2.56. The second kappa shape index (κ2) is 5.43. The summed E-state index contributed by atoms with van der Waals surface area (Å²) in [4.78, 5) is 11.8. The minimum atomic E-state index is 0.171. The van der Waals surface area contributed by atoms with Gasteiger partial charge in [0.15, 0.2) is 0 Å². The molecule has 0 heterocycles. The number of amides is 1. The van der Waals surface area contributed by atoms with Crippen LogP contribution in [0, 0.1) is 23.2 Å². The van der Waals surface area contributed by atoms with Crippen LogP contribution in [0.3, 0.4) is 0 Å². The van der Waals surface area contributed by atoms with E-state index in [1.165, 1.54) is 38.5 Å². The molecular formula is C16H27NO2. The number of hydrogen-bond acceptors (Lipinski definition) is 2. The predicted octanol–water partition coefficient (Wildman–Crippen LogP) is 2.75. The molecule has 4 aliphatic rings. The molecule has 3 nitrogen and oxygen atoms in total. The maximum atomic E-state index is 11.8. The van der Waals surface area contributed by atoms with Crippen LogP contribution in [0.4, 0.5) is 0 Å². The summed E-state index contributed by atoms with van der Waals surface area (Å²) in [6.45, 7) is 4.14. The molecule has 0 atom stereocenters. The molecule has 4 saturated carbocycles. The van der Waals surface area contributed by atoms with E-state index in [0.29, 0.717) is 25.0 Å². The summed E-state index contributed by atoms with van der Waals surface area (Å²) in [5, 5.41) is 3.18. The Morgan fingerprint density at radius 1 is 1.16 bits per heavy atom. The smallest absolute Gasteiger partial charge is 0.222 e. The van der Waals surface area contributed by atoms with Crippen LogP contribution < -0.4 is 5.32 Å². The van der Waals surface area contributed by atoms with Gasteiger partial charge in [0, 0.05) is 19.6 Å². The zero-order chi connectivity index (χ0) is 13.3. The average Bonchev–Trinajstić information content (AvgIpc) is 2.35. The molecule has 4 bridgehead atoms. The van der Waals surface area contributed by atoms with Crippen LogP contribution in [0.1, 0.15) is 51.9 Å². The standard InChI is InChI=1S/C16H27NO2/c1-2-19-4-3-15(18)17-11-16-8-12-5-13(9-16)7-14(6-12)10-16/h12-14H,2-11H2,1H3,(H,17,18). The highest BCUT2D eigenvalue weighted by Gasteiger charge is 2.50. The third-order valence-electron chi connectivity index (χ3n) is 5.50. The van der Waals surface area contributed by atoms with Crippen molar-refractivity contribution in [3.05, 3.63) is 0 Å². The molecular weight excluding hydrogens is 238 g/mol. The van der Waals surface area contributed by atoms with Crippen LogP contribution in [-0.4, -0.2) is 25.7 Å². The first-order chi connectivity index (χ1) is 9.19. The van der Waals surface area contributed by atoms with Crippen molar-refractivity contribution in [3.8, 4) is 0 Å². The van der Waals surface area contributed by atoms with Crippen LogP contribution >= 0.6 is 0 Å². The van der Waals surface area contributed by atoms with Gasteiger partial charge >= 0.3 is 0 Å². The van der Waals surface area contributed by atoms with E-state index in [9.17, 15) is 4.79 Å². The fourth-order valence-electron chi connectivity index (χ4n) is 5.19. The first-order valence-corrected chi connectivity index (χ1v) is 8.03. The summed E-state index contributed by atoms with van der Waals surface area (Å²) >= 11 is 0. The van der Waals surface area contributed by atoms with E-state index < -0.39 is 0 Å². The molecule has 0 aromatic heterocycles. The monoisotopic (exact) mass is 265 g/mol. The quantitative estimate of drug-likeness (QED) is 0.750. The van der Waals surface area contributed by atoms with Gasteiger partial charge in [0.25, 0.3) is 0 Å². The lowest BCUT2D eigenvalue weighted by atomic mass is 9.49. The van der Waals surface area contributed by atoms with Gasteiger partial charge in [0.05, 0.1) is 6.61 Å². The minimum Gasteiger partial charge on any atom is -0.381 e. The lowest BCUT2D eigenvalue weighted by Crippen LogP contribution is -2.51. The second-order valence-electron chi connectivity index (χ2n) is 7.14. The van der Waals surface area contributed by atoms with Gasteiger partial charge in [-0.05, 0) is 68.6 Å². The molecule has 1 amide bonds. The Bertz CT molecular complexity index is 304. The van der Waals surface area contributed by atoms with Crippen molar-refractivity contribution in [3.63, 3.8) is 0 Å². The van der Waals surface area contributed by atoms with Crippen molar-refractivity contribution in [2.75, 3.05) is 19.8 Å². The lowest BCUT2D eigenvalue weighted by molar-refractivity contribution is -0.124. The Hall–Kier alpha value is -0.570. The molecule has 1 N–H and O–H groups in total. The number of rotatable bonds is 6. The normalized spacial score (nSPS) is 39.5. The van der Waals surface area contributed by atoms with Crippen molar-refractivity contribution < 1.29 is 9.53 Å². The molecule has 0 saturated heterocycles. The summed E-state index contributed by atoms with van der Waals surface area (Å²) in [5.41, 5.74) is 0.454. The fourth-order valence-corrected chi connectivity index (χ4v) is 5.19. The van der Waals surface area contributed by atoms with Crippen molar-refractivity contribution in [1.29, 1.82) is 0 Å². The highest BCUT2D eigenvalue weighted by molar-refractivity contribution is 5.76. The van der Waals surface area contributed by atoms with Gasteiger partial charge in [-0.25, -0.2) is 0 Å². The van der Waals surface area contributed by atoms with E-state index in [1.807, 2.05) is 6.92 Å². The van der Waals surface area contributed by atoms with E-state index in [2.05, 4.69) is 5.32 Å². The van der Waals surface area contributed by atoms with Gasteiger partial charge in [0.2, 0.25) is 5.91 Å². The Kier molecular flexibility index (Phi) is 3.84. The predicted molar refractivity (Wildman–Crippen MR) is 74.7 cm³/mol. The van der Waals surface area contributed by atoms with Crippen LogP contribution in [0.2, 0.25) is 0 Å². The van der Waals surface area contributed by atoms with Crippen LogP contribution in [0.15, 0.2) is 0 Å². The number of carbonyl (C=O) groups is 1. The van der Waals surface area contributed by atoms with E-state index in [-0.39, 0.29) is 5.91 Å². The highest BCUT2D eigenvalue weighted by atomic mass is 16.5. The van der Waals surface area contributed by atoms with Crippen LogP contribution in [0.25, 0.3) is 0 Å². The average molecular weight is 265 g/mol. The second-order valence-corrected chi connectivity index (χ2v) is 7.14.